The van der Waals surface area contributed by atoms with Crippen LogP contribution in [-0.2, 0) is 6.54 Å². The van der Waals surface area contributed by atoms with Crippen molar-refractivity contribution in [3.8, 4) is 5.75 Å². The summed E-state index contributed by atoms with van der Waals surface area (Å²) in [5.41, 5.74) is 12.0. The van der Waals surface area contributed by atoms with E-state index in [0.717, 1.165) is 5.52 Å². The fraction of sp³-hybridized carbons (Fsp3) is 0.0714. The summed E-state index contributed by atoms with van der Waals surface area (Å²) in [5, 5.41) is 9.54. The van der Waals surface area contributed by atoms with Crippen LogP contribution in [-0.4, -0.2) is 14.8 Å². The molecular weight excluding hydrogens is 240 g/mol. The predicted molar refractivity (Wildman–Crippen MR) is 75.3 cm³/mol. The first-order valence-corrected chi connectivity index (χ1v) is 5.97. The van der Waals surface area contributed by atoms with Crippen LogP contribution in [0.15, 0.2) is 48.8 Å². The second-order valence-corrected chi connectivity index (χ2v) is 4.33. The molecule has 19 heavy (non-hydrogen) atoms. The number of phenolic OH excluding ortho intramolecular Hbond substituents is 1. The molecule has 0 fully saturated rings. The number of hydrogen-bond donors (Lipinski definition) is 3. The summed E-state index contributed by atoms with van der Waals surface area (Å²) >= 11 is 0. The molecule has 0 spiro atoms. The minimum Gasteiger partial charge on any atom is -0.506 e. The number of phenols is 1. The normalized spacial score (nSPS) is 10.7. The Labute approximate surface area is 110 Å². The minimum atomic E-state index is 0.0563. The zero-order valence-electron chi connectivity index (χ0n) is 10.2. The van der Waals surface area contributed by atoms with Crippen LogP contribution in [0.1, 0.15) is 5.56 Å². The molecule has 4 N–H and O–H groups in total. The third-order valence-corrected chi connectivity index (χ3v) is 2.99. The summed E-state index contributed by atoms with van der Waals surface area (Å²) < 4.78 is 1.80. The van der Waals surface area contributed by atoms with Gasteiger partial charge in [-0.05, 0) is 11.6 Å². The highest BCUT2D eigenvalue weighted by molar-refractivity contribution is 5.82. The summed E-state index contributed by atoms with van der Waals surface area (Å²) in [7, 11) is 0. The van der Waals surface area contributed by atoms with E-state index in [2.05, 4.69) is 10.4 Å². The van der Waals surface area contributed by atoms with Gasteiger partial charge in [0.05, 0.1) is 23.3 Å². The number of nitrogen functional groups attached to an aromatic ring is 1. The SMILES string of the molecule is Nc1cc2c(cc1O)ncn2NCc1ccccc1. The van der Waals surface area contributed by atoms with E-state index < -0.39 is 0 Å². The summed E-state index contributed by atoms with van der Waals surface area (Å²) in [6.07, 6.45) is 1.67. The van der Waals surface area contributed by atoms with E-state index in [-0.39, 0.29) is 5.75 Å². The molecule has 0 saturated carbocycles. The van der Waals surface area contributed by atoms with Crippen molar-refractivity contribution in [2.75, 3.05) is 11.2 Å². The quantitative estimate of drug-likeness (QED) is 0.494. The molecule has 5 heteroatoms. The number of fused-ring (bicyclic) bond motifs is 1. The Morgan fingerprint density at radius 2 is 2.00 bits per heavy atom. The molecule has 1 aromatic heterocycles. The van der Waals surface area contributed by atoms with Gasteiger partial charge in [0.15, 0.2) is 0 Å². The van der Waals surface area contributed by atoms with E-state index >= 15 is 0 Å². The standard InChI is InChI=1S/C14H14N4O/c15-11-6-13-12(7-14(11)19)16-9-18(13)17-8-10-4-2-1-3-5-10/h1-7,9,17,19H,8,15H2. The molecule has 0 unspecified atom stereocenters. The highest BCUT2D eigenvalue weighted by Crippen LogP contribution is 2.25. The monoisotopic (exact) mass is 254 g/mol. The van der Waals surface area contributed by atoms with E-state index in [1.54, 1.807) is 23.1 Å². The number of aromatic hydroxyl groups is 1. The first-order valence-electron chi connectivity index (χ1n) is 5.97. The number of imidazole rings is 1. The van der Waals surface area contributed by atoms with Crippen molar-refractivity contribution in [3.63, 3.8) is 0 Å². The highest BCUT2D eigenvalue weighted by Gasteiger charge is 2.06. The average Bonchev–Trinajstić information content (AvgIpc) is 2.80. The number of hydrogen-bond acceptors (Lipinski definition) is 4. The molecule has 0 aliphatic heterocycles. The highest BCUT2D eigenvalue weighted by atomic mass is 16.3. The van der Waals surface area contributed by atoms with E-state index in [0.29, 0.717) is 17.7 Å². The van der Waals surface area contributed by atoms with Crippen molar-refractivity contribution in [3.05, 3.63) is 54.4 Å². The van der Waals surface area contributed by atoms with Crippen LogP contribution in [0.25, 0.3) is 11.0 Å². The topological polar surface area (TPSA) is 76.1 Å². The Balaban J connectivity index is 1.87. The van der Waals surface area contributed by atoms with Gasteiger partial charge in [0, 0.05) is 6.07 Å². The Morgan fingerprint density at radius 3 is 2.79 bits per heavy atom. The molecular formula is C14H14N4O. The lowest BCUT2D eigenvalue weighted by Crippen LogP contribution is -2.12. The van der Waals surface area contributed by atoms with Crippen LogP contribution in [0.2, 0.25) is 0 Å². The maximum absolute atomic E-state index is 9.54. The molecule has 5 nitrogen and oxygen atoms in total. The molecule has 0 aliphatic carbocycles. The third kappa shape index (κ3) is 2.18. The molecule has 0 amide bonds. The average molecular weight is 254 g/mol. The van der Waals surface area contributed by atoms with Gasteiger partial charge in [-0.1, -0.05) is 30.3 Å². The number of anilines is 1. The molecule has 0 atom stereocenters. The lowest BCUT2D eigenvalue weighted by atomic mass is 10.2. The summed E-state index contributed by atoms with van der Waals surface area (Å²) in [6, 6.07) is 13.3. The molecule has 96 valence electrons. The minimum absolute atomic E-state index is 0.0563. The Kier molecular flexibility index (Phi) is 2.72. The van der Waals surface area contributed by atoms with Gasteiger partial charge in [-0.15, -0.1) is 0 Å². The summed E-state index contributed by atoms with van der Waals surface area (Å²) in [4.78, 5) is 4.22. The second kappa shape index (κ2) is 4.53. The molecule has 0 radical (unpaired) electrons. The molecule has 1 heterocycles. The van der Waals surface area contributed by atoms with Crippen molar-refractivity contribution < 1.29 is 5.11 Å². The predicted octanol–water partition coefficient (Wildman–Crippen LogP) is 2.07. The zero-order chi connectivity index (χ0) is 13.2. The first-order chi connectivity index (χ1) is 9.24. The first kappa shape index (κ1) is 11.4. The van der Waals surface area contributed by atoms with Gasteiger partial charge in [0.1, 0.15) is 12.1 Å². The maximum Gasteiger partial charge on any atom is 0.140 e. The lowest BCUT2D eigenvalue weighted by molar-refractivity contribution is 0.478. The maximum atomic E-state index is 9.54. The van der Waals surface area contributed by atoms with Gasteiger partial charge in [0.25, 0.3) is 0 Å². The van der Waals surface area contributed by atoms with Crippen molar-refractivity contribution in [2.45, 2.75) is 6.54 Å². The lowest BCUT2D eigenvalue weighted by Gasteiger charge is -2.09. The third-order valence-electron chi connectivity index (χ3n) is 2.99. The van der Waals surface area contributed by atoms with Gasteiger partial charge < -0.3 is 16.3 Å². The number of rotatable bonds is 3. The number of nitrogens with one attached hydrogen (secondary N) is 1. The van der Waals surface area contributed by atoms with Crippen molar-refractivity contribution in [1.82, 2.24) is 9.66 Å². The van der Waals surface area contributed by atoms with Crippen molar-refractivity contribution >= 4 is 16.7 Å². The molecule has 0 aliphatic rings. The molecule has 0 saturated heterocycles. The van der Waals surface area contributed by atoms with E-state index in [4.69, 9.17) is 5.73 Å². The van der Waals surface area contributed by atoms with Crippen LogP contribution < -0.4 is 11.2 Å². The second-order valence-electron chi connectivity index (χ2n) is 4.33. The van der Waals surface area contributed by atoms with E-state index in [1.165, 1.54) is 5.56 Å². The van der Waals surface area contributed by atoms with Gasteiger partial charge in [0.2, 0.25) is 0 Å². The van der Waals surface area contributed by atoms with Crippen molar-refractivity contribution in [1.29, 1.82) is 0 Å². The van der Waals surface area contributed by atoms with Crippen LogP contribution in [0.5, 0.6) is 5.75 Å². The Morgan fingerprint density at radius 1 is 1.21 bits per heavy atom. The zero-order valence-corrected chi connectivity index (χ0v) is 10.2. The number of aromatic nitrogens is 2. The van der Waals surface area contributed by atoms with Gasteiger partial charge in [-0.3, -0.25) is 0 Å². The van der Waals surface area contributed by atoms with E-state index in [1.807, 2.05) is 30.3 Å². The smallest absolute Gasteiger partial charge is 0.140 e. The van der Waals surface area contributed by atoms with Gasteiger partial charge in [-0.2, -0.15) is 0 Å². The Bertz CT molecular complexity index is 706. The fourth-order valence-corrected chi connectivity index (χ4v) is 1.96. The Hall–Kier alpha value is -2.69. The number of benzene rings is 2. The largest absolute Gasteiger partial charge is 0.506 e. The van der Waals surface area contributed by atoms with E-state index in [9.17, 15) is 5.11 Å². The van der Waals surface area contributed by atoms with Gasteiger partial charge in [-0.25, -0.2) is 9.66 Å². The number of nitrogens with two attached hydrogens (primary N) is 1. The van der Waals surface area contributed by atoms with Crippen LogP contribution in [0.3, 0.4) is 0 Å². The fourth-order valence-electron chi connectivity index (χ4n) is 1.96. The summed E-state index contributed by atoms with van der Waals surface area (Å²) in [6.45, 7) is 0.688. The molecule has 2 aromatic carbocycles. The van der Waals surface area contributed by atoms with Crippen LogP contribution in [0, 0.1) is 0 Å². The van der Waals surface area contributed by atoms with Gasteiger partial charge >= 0.3 is 0 Å². The summed E-state index contributed by atoms with van der Waals surface area (Å²) in [5.74, 6) is 0.0563. The van der Waals surface area contributed by atoms with Crippen LogP contribution >= 0.6 is 0 Å². The molecule has 3 aromatic rings. The molecule has 0 bridgehead atoms. The van der Waals surface area contributed by atoms with Crippen molar-refractivity contribution in [2.24, 2.45) is 0 Å². The molecule has 3 rings (SSSR count). The number of nitrogens with zero attached hydrogens (tertiary/aromatic N) is 2. The van der Waals surface area contributed by atoms with Crippen LogP contribution in [0.4, 0.5) is 5.69 Å².